The van der Waals surface area contributed by atoms with E-state index in [0.717, 1.165) is 25.2 Å². The Hall–Kier alpha value is -3.09. The first-order valence-corrected chi connectivity index (χ1v) is 10.8. The van der Waals surface area contributed by atoms with Crippen molar-refractivity contribution in [1.82, 2.24) is 19.2 Å². The third kappa shape index (κ3) is 3.52. The van der Waals surface area contributed by atoms with Gasteiger partial charge in [-0.3, -0.25) is 19.6 Å². The smallest absolute Gasteiger partial charge is 0.280 e. The summed E-state index contributed by atoms with van der Waals surface area (Å²) in [6.45, 7) is 4.89. The summed E-state index contributed by atoms with van der Waals surface area (Å²) in [5.74, 6) is 0. The Kier molecular flexibility index (Phi) is 5.04. The molecule has 0 aliphatic carbocycles. The van der Waals surface area contributed by atoms with Gasteiger partial charge in [0, 0.05) is 32.2 Å². The maximum Gasteiger partial charge on any atom is 0.280 e. The summed E-state index contributed by atoms with van der Waals surface area (Å²) < 4.78 is 3.19. The van der Waals surface area contributed by atoms with Gasteiger partial charge in [0.15, 0.2) is 0 Å². The molecule has 6 nitrogen and oxygen atoms in total. The van der Waals surface area contributed by atoms with Crippen LogP contribution in [0.15, 0.2) is 64.2 Å². The van der Waals surface area contributed by atoms with Crippen molar-refractivity contribution in [3.05, 3.63) is 97.1 Å². The lowest BCUT2D eigenvalue weighted by molar-refractivity contribution is 0.261. The summed E-state index contributed by atoms with van der Waals surface area (Å²) in [4.78, 5) is 28.6. The fraction of sp³-hybridized carbons (Fsp3) is 0.250. The van der Waals surface area contributed by atoms with Crippen LogP contribution in [0.25, 0.3) is 16.6 Å². The number of H-pyrrole nitrogens is 1. The van der Waals surface area contributed by atoms with Crippen molar-refractivity contribution < 1.29 is 0 Å². The van der Waals surface area contributed by atoms with E-state index in [0.29, 0.717) is 34.7 Å². The maximum absolute atomic E-state index is 13.4. The van der Waals surface area contributed by atoms with Crippen molar-refractivity contribution in [1.29, 1.82) is 0 Å². The highest BCUT2D eigenvalue weighted by molar-refractivity contribution is 6.32. The van der Waals surface area contributed by atoms with Crippen LogP contribution in [0, 0.1) is 6.92 Å². The van der Waals surface area contributed by atoms with Gasteiger partial charge in [0.05, 0.1) is 27.3 Å². The van der Waals surface area contributed by atoms with Gasteiger partial charge >= 0.3 is 0 Å². The molecule has 4 aromatic rings. The van der Waals surface area contributed by atoms with Gasteiger partial charge in [-0.15, -0.1) is 0 Å². The molecule has 0 spiro atoms. The molecule has 0 atom stereocenters. The standard InChI is InChI=1S/C24H23ClN4O2/c1-16-7-2-3-8-17(16)14-27-11-6-12-28-21(15-27)23-19(13-22(28)30)26-29(24(23)31)20-10-5-4-9-18(20)25/h2-5,7-10,13,26H,6,11-12,14-15H2,1H3. The second kappa shape index (κ2) is 7.87. The van der Waals surface area contributed by atoms with Crippen LogP contribution < -0.4 is 11.1 Å². The molecule has 2 aromatic heterocycles. The summed E-state index contributed by atoms with van der Waals surface area (Å²) in [6.07, 6.45) is 0.855. The van der Waals surface area contributed by atoms with Crippen molar-refractivity contribution in [2.75, 3.05) is 6.54 Å². The molecule has 1 aliphatic heterocycles. The Morgan fingerprint density at radius 1 is 1.03 bits per heavy atom. The van der Waals surface area contributed by atoms with E-state index >= 15 is 0 Å². The number of aromatic amines is 1. The molecule has 0 saturated heterocycles. The fourth-order valence-corrected chi connectivity index (χ4v) is 4.65. The van der Waals surface area contributed by atoms with Gasteiger partial charge < -0.3 is 4.57 Å². The van der Waals surface area contributed by atoms with Crippen LogP contribution in [0.4, 0.5) is 0 Å². The summed E-state index contributed by atoms with van der Waals surface area (Å²) >= 11 is 6.33. The Bertz CT molecular complexity index is 1400. The van der Waals surface area contributed by atoms with Gasteiger partial charge in [-0.05, 0) is 36.6 Å². The molecular weight excluding hydrogens is 412 g/mol. The SMILES string of the molecule is Cc1ccccc1CN1CCCn2c(c3c(=O)n(-c4ccccc4Cl)[nH]c3cc2=O)C1. The molecule has 0 saturated carbocycles. The van der Waals surface area contributed by atoms with Crippen molar-refractivity contribution in [3.8, 4) is 5.69 Å². The van der Waals surface area contributed by atoms with E-state index < -0.39 is 0 Å². The van der Waals surface area contributed by atoms with Gasteiger partial charge in [-0.2, -0.15) is 0 Å². The van der Waals surface area contributed by atoms with Crippen LogP contribution in [-0.2, 0) is 19.6 Å². The Morgan fingerprint density at radius 3 is 2.61 bits per heavy atom. The quantitative estimate of drug-likeness (QED) is 0.532. The van der Waals surface area contributed by atoms with E-state index in [4.69, 9.17) is 11.6 Å². The number of hydrogen-bond acceptors (Lipinski definition) is 3. The highest BCUT2D eigenvalue weighted by Crippen LogP contribution is 2.23. The van der Waals surface area contributed by atoms with Gasteiger partial charge in [-0.25, -0.2) is 4.68 Å². The highest BCUT2D eigenvalue weighted by atomic mass is 35.5. The van der Waals surface area contributed by atoms with Gasteiger partial charge in [-0.1, -0.05) is 48.0 Å². The zero-order chi connectivity index (χ0) is 21.5. The van der Waals surface area contributed by atoms with Crippen LogP contribution in [0.1, 0.15) is 23.2 Å². The first-order chi connectivity index (χ1) is 15.0. The molecular formula is C24H23ClN4O2. The van der Waals surface area contributed by atoms with Crippen LogP contribution in [0.5, 0.6) is 0 Å². The third-order valence-electron chi connectivity index (χ3n) is 6.04. The van der Waals surface area contributed by atoms with E-state index in [2.05, 4.69) is 29.1 Å². The number of benzene rings is 2. The van der Waals surface area contributed by atoms with Crippen molar-refractivity contribution in [2.45, 2.75) is 33.0 Å². The summed E-state index contributed by atoms with van der Waals surface area (Å²) in [7, 11) is 0. The number of aryl methyl sites for hydroxylation is 1. The third-order valence-corrected chi connectivity index (χ3v) is 6.36. The number of rotatable bonds is 3. The van der Waals surface area contributed by atoms with Crippen LogP contribution >= 0.6 is 11.6 Å². The largest absolute Gasteiger partial charge is 0.310 e. The molecule has 2 aromatic carbocycles. The van der Waals surface area contributed by atoms with Crippen LogP contribution in [-0.4, -0.2) is 25.8 Å². The van der Waals surface area contributed by atoms with E-state index in [9.17, 15) is 9.59 Å². The van der Waals surface area contributed by atoms with Crippen molar-refractivity contribution in [3.63, 3.8) is 0 Å². The first-order valence-electron chi connectivity index (χ1n) is 10.4. The monoisotopic (exact) mass is 434 g/mol. The van der Waals surface area contributed by atoms with E-state index in [1.807, 2.05) is 24.3 Å². The Balaban J connectivity index is 1.64. The minimum atomic E-state index is -0.190. The summed E-state index contributed by atoms with van der Waals surface area (Å²) in [5.41, 5.74) is 4.09. The number of aromatic nitrogens is 3. The predicted octanol–water partition coefficient (Wildman–Crippen LogP) is 3.85. The first kappa shape index (κ1) is 19.8. The van der Waals surface area contributed by atoms with Crippen molar-refractivity contribution >= 4 is 22.5 Å². The molecule has 0 unspecified atom stereocenters. The summed E-state index contributed by atoms with van der Waals surface area (Å²) in [6, 6.07) is 17.0. The Labute approximate surface area is 184 Å². The van der Waals surface area contributed by atoms with Crippen molar-refractivity contribution in [2.24, 2.45) is 0 Å². The Morgan fingerprint density at radius 2 is 1.81 bits per heavy atom. The molecule has 158 valence electrons. The lowest BCUT2D eigenvalue weighted by Gasteiger charge is -2.21. The molecule has 0 amide bonds. The molecule has 0 radical (unpaired) electrons. The average Bonchev–Trinajstić information content (AvgIpc) is 2.93. The fourth-order valence-electron chi connectivity index (χ4n) is 4.43. The number of nitrogens with one attached hydrogen (secondary N) is 1. The molecule has 0 fully saturated rings. The van der Waals surface area contributed by atoms with Gasteiger partial charge in [0.1, 0.15) is 0 Å². The minimum absolute atomic E-state index is 0.0900. The lowest BCUT2D eigenvalue weighted by atomic mass is 10.1. The number of pyridine rings is 1. The number of hydrogen-bond donors (Lipinski definition) is 1. The normalized spacial score (nSPS) is 14.5. The van der Waals surface area contributed by atoms with Gasteiger partial charge in [0.25, 0.3) is 11.1 Å². The van der Waals surface area contributed by atoms with E-state index in [1.165, 1.54) is 21.9 Å². The van der Waals surface area contributed by atoms with E-state index in [-0.39, 0.29) is 11.1 Å². The number of halogens is 1. The van der Waals surface area contributed by atoms with E-state index in [1.54, 1.807) is 16.7 Å². The minimum Gasteiger partial charge on any atom is -0.310 e. The molecule has 7 heteroatoms. The van der Waals surface area contributed by atoms with Crippen LogP contribution in [0.3, 0.4) is 0 Å². The molecule has 31 heavy (non-hydrogen) atoms. The topological polar surface area (TPSA) is 63.0 Å². The predicted molar refractivity (Wildman–Crippen MR) is 123 cm³/mol. The zero-order valence-electron chi connectivity index (χ0n) is 17.3. The summed E-state index contributed by atoms with van der Waals surface area (Å²) in [5, 5.41) is 4.12. The zero-order valence-corrected chi connectivity index (χ0v) is 18.0. The molecule has 1 N–H and O–H groups in total. The van der Waals surface area contributed by atoms with Gasteiger partial charge in [0.2, 0.25) is 0 Å². The number of nitrogens with zero attached hydrogens (tertiary/aromatic N) is 3. The highest BCUT2D eigenvalue weighted by Gasteiger charge is 2.23. The maximum atomic E-state index is 13.4. The van der Waals surface area contributed by atoms with Crippen LogP contribution in [0.2, 0.25) is 5.02 Å². The molecule has 1 aliphatic rings. The number of para-hydroxylation sites is 1. The lowest BCUT2D eigenvalue weighted by Crippen LogP contribution is -2.27. The molecule has 5 rings (SSSR count). The second-order valence-corrected chi connectivity index (χ2v) is 8.47. The molecule has 0 bridgehead atoms. The molecule has 3 heterocycles. The second-order valence-electron chi connectivity index (χ2n) is 8.06. The number of fused-ring (bicyclic) bond motifs is 3. The average molecular weight is 435 g/mol.